The van der Waals surface area contributed by atoms with Gasteiger partial charge in [0.15, 0.2) is 23.3 Å². The molecule has 2 fully saturated rings. The number of ketones is 2. The lowest BCUT2D eigenvalue weighted by molar-refractivity contribution is -0.175. The lowest BCUT2D eigenvalue weighted by atomic mass is 9.51. The molecule has 0 aromatic rings. The molecule has 0 saturated heterocycles. The van der Waals surface area contributed by atoms with Crippen LogP contribution in [0.2, 0.25) is 0 Å². The number of carboxylic acid groups (broad SMARTS) is 1. The van der Waals surface area contributed by atoms with E-state index < -0.39 is 29.4 Å². The number of aliphatic hydroxyl groups excluding tert-OH is 1. The molecule has 0 aliphatic heterocycles. The van der Waals surface area contributed by atoms with E-state index in [0.29, 0.717) is 25.2 Å². The molecule has 6 heteroatoms. The van der Waals surface area contributed by atoms with Gasteiger partial charge >= 0.3 is 5.97 Å². The van der Waals surface area contributed by atoms with Gasteiger partial charge in [0.05, 0.1) is 0 Å². The number of carbonyl (C=O) groups is 3. The topological polar surface area (TPSA) is 112 Å². The SMILES string of the molecule is CC(O)(C(=O)O)C(O)C(=O)[C@H]1CC[C@H]2[C@@H]3CCC4=CC(=O)CC[C@]4(C)C3=CC[C@]12C. The summed E-state index contributed by atoms with van der Waals surface area (Å²) in [6.07, 6.45) is 7.57. The van der Waals surface area contributed by atoms with Crippen LogP contribution in [0.4, 0.5) is 0 Å². The molecule has 30 heavy (non-hydrogen) atoms. The van der Waals surface area contributed by atoms with Crippen LogP contribution in [0, 0.1) is 28.6 Å². The maximum Gasteiger partial charge on any atom is 0.338 e. The Kier molecular flexibility index (Phi) is 4.90. The minimum atomic E-state index is -2.49. The predicted octanol–water partition coefficient (Wildman–Crippen LogP) is 2.82. The Hall–Kier alpha value is -1.79. The van der Waals surface area contributed by atoms with E-state index >= 15 is 0 Å². The standard InChI is InChI=1S/C24H32O6/c1-22-10-8-14(25)12-13(22)4-5-15-16-6-7-18(23(16,2)11-9-17(15)22)19(26)20(27)24(3,30)21(28)29/h9,12,15-16,18,20,27,30H,4-8,10-11H2,1-3H3,(H,28,29)/t15-,16-,18+,20?,22-,23-,24?/m0/s1. The fraction of sp³-hybridized carbons (Fsp3) is 0.708. The lowest BCUT2D eigenvalue weighted by Gasteiger charge is -2.53. The summed E-state index contributed by atoms with van der Waals surface area (Å²) < 4.78 is 0. The van der Waals surface area contributed by atoms with Crippen LogP contribution in [-0.2, 0) is 14.4 Å². The van der Waals surface area contributed by atoms with Crippen molar-refractivity contribution in [2.24, 2.45) is 28.6 Å². The van der Waals surface area contributed by atoms with Crippen LogP contribution < -0.4 is 0 Å². The summed E-state index contributed by atoms with van der Waals surface area (Å²) in [5, 5.41) is 29.7. The molecule has 0 aromatic heterocycles. The fourth-order valence-electron chi connectivity index (χ4n) is 6.91. The van der Waals surface area contributed by atoms with Crippen LogP contribution in [0.15, 0.2) is 23.3 Å². The minimum absolute atomic E-state index is 0.0766. The van der Waals surface area contributed by atoms with Crippen molar-refractivity contribution in [1.82, 2.24) is 0 Å². The number of Topliss-reactive ketones (excluding diaryl/α,β-unsaturated/α-hetero) is 1. The summed E-state index contributed by atoms with van der Waals surface area (Å²) in [6.45, 7) is 5.31. The summed E-state index contributed by atoms with van der Waals surface area (Å²) >= 11 is 0. The molecule has 0 spiro atoms. The van der Waals surface area contributed by atoms with Gasteiger partial charge in [-0.05, 0) is 68.8 Å². The summed E-state index contributed by atoms with van der Waals surface area (Å²) in [5.74, 6) is -1.79. The Morgan fingerprint density at radius 1 is 1.20 bits per heavy atom. The van der Waals surface area contributed by atoms with E-state index in [1.54, 1.807) is 0 Å². The third-order valence-electron chi connectivity index (χ3n) is 8.91. The summed E-state index contributed by atoms with van der Waals surface area (Å²) in [4.78, 5) is 36.4. The zero-order valence-corrected chi connectivity index (χ0v) is 18.0. The molecule has 0 heterocycles. The molecule has 164 valence electrons. The Morgan fingerprint density at radius 3 is 2.57 bits per heavy atom. The number of carbonyl (C=O) groups excluding carboxylic acids is 2. The van der Waals surface area contributed by atoms with Gasteiger partial charge in [0.25, 0.3) is 0 Å². The molecule has 0 radical (unpaired) electrons. The molecular weight excluding hydrogens is 384 g/mol. The van der Waals surface area contributed by atoms with E-state index in [-0.39, 0.29) is 22.5 Å². The number of carboxylic acids is 1. The largest absolute Gasteiger partial charge is 0.479 e. The van der Waals surface area contributed by atoms with E-state index in [2.05, 4.69) is 19.9 Å². The van der Waals surface area contributed by atoms with E-state index in [1.807, 2.05) is 6.08 Å². The number of allylic oxidation sites excluding steroid dienone is 4. The molecule has 4 rings (SSSR count). The average molecular weight is 417 g/mol. The quantitative estimate of drug-likeness (QED) is 0.608. The lowest BCUT2D eigenvalue weighted by Crippen LogP contribution is -2.54. The Balaban J connectivity index is 1.64. The Morgan fingerprint density at radius 2 is 1.90 bits per heavy atom. The van der Waals surface area contributed by atoms with Gasteiger partial charge in [0, 0.05) is 17.8 Å². The van der Waals surface area contributed by atoms with Crippen molar-refractivity contribution >= 4 is 17.5 Å². The van der Waals surface area contributed by atoms with Crippen molar-refractivity contribution in [2.75, 3.05) is 0 Å². The van der Waals surface area contributed by atoms with Crippen molar-refractivity contribution in [1.29, 1.82) is 0 Å². The monoisotopic (exact) mass is 416 g/mol. The number of aliphatic hydroxyl groups is 2. The summed E-state index contributed by atoms with van der Waals surface area (Å²) in [7, 11) is 0. The van der Waals surface area contributed by atoms with Crippen LogP contribution in [0.1, 0.15) is 65.7 Å². The second kappa shape index (κ2) is 6.86. The third-order valence-corrected chi connectivity index (χ3v) is 8.91. The zero-order valence-electron chi connectivity index (χ0n) is 18.0. The van der Waals surface area contributed by atoms with Gasteiger partial charge < -0.3 is 15.3 Å². The van der Waals surface area contributed by atoms with Gasteiger partial charge in [-0.3, -0.25) is 9.59 Å². The van der Waals surface area contributed by atoms with Gasteiger partial charge in [0.2, 0.25) is 0 Å². The van der Waals surface area contributed by atoms with Gasteiger partial charge in [-0.15, -0.1) is 0 Å². The van der Waals surface area contributed by atoms with Crippen molar-refractivity contribution in [3.8, 4) is 0 Å². The number of hydrogen-bond donors (Lipinski definition) is 3. The first kappa shape index (κ1) is 21.4. The van der Waals surface area contributed by atoms with Crippen molar-refractivity contribution < 1.29 is 29.7 Å². The molecule has 7 atom stereocenters. The highest BCUT2D eigenvalue weighted by molar-refractivity contribution is 5.94. The first-order valence-corrected chi connectivity index (χ1v) is 11.0. The molecule has 2 saturated carbocycles. The van der Waals surface area contributed by atoms with Crippen LogP contribution in [0.25, 0.3) is 0 Å². The van der Waals surface area contributed by atoms with Crippen LogP contribution in [-0.4, -0.2) is 44.6 Å². The van der Waals surface area contributed by atoms with Gasteiger partial charge in [-0.25, -0.2) is 4.79 Å². The van der Waals surface area contributed by atoms with E-state index in [9.17, 15) is 29.7 Å². The Labute approximate surface area is 177 Å². The third kappa shape index (κ3) is 2.87. The van der Waals surface area contributed by atoms with Crippen LogP contribution in [0.3, 0.4) is 0 Å². The Bertz CT molecular complexity index is 867. The molecule has 6 nitrogen and oxygen atoms in total. The highest BCUT2D eigenvalue weighted by Gasteiger charge is 2.59. The number of hydrogen-bond acceptors (Lipinski definition) is 5. The number of rotatable bonds is 4. The highest BCUT2D eigenvalue weighted by Crippen LogP contribution is 2.64. The first-order valence-electron chi connectivity index (χ1n) is 11.0. The maximum atomic E-state index is 13.1. The predicted molar refractivity (Wildman–Crippen MR) is 109 cm³/mol. The molecule has 0 amide bonds. The molecule has 3 N–H and O–H groups in total. The van der Waals surface area contributed by atoms with Gasteiger partial charge in [0.1, 0.15) is 0 Å². The van der Waals surface area contributed by atoms with E-state index in [1.165, 1.54) is 11.1 Å². The van der Waals surface area contributed by atoms with Crippen molar-refractivity contribution in [3.63, 3.8) is 0 Å². The molecule has 0 bridgehead atoms. The summed E-state index contributed by atoms with van der Waals surface area (Å²) in [6, 6.07) is 0. The van der Waals surface area contributed by atoms with Crippen LogP contribution >= 0.6 is 0 Å². The molecular formula is C24H32O6. The second-order valence-corrected chi connectivity index (χ2v) is 10.5. The highest BCUT2D eigenvalue weighted by atomic mass is 16.4. The minimum Gasteiger partial charge on any atom is -0.479 e. The van der Waals surface area contributed by atoms with E-state index in [4.69, 9.17) is 0 Å². The molecule has 0 aromatic carbocycles. The zero-order chi connectivity index (χ0) is 22.1. The first-order chi connectivity index (χ1) is 13.9. The molecule has 4 aliphatic carbocycles. The smallest absolute Gasteiger partial charge is 0.338 e. The van der Waals surface area contributed by atoms with Gasteiger partial charge in [-0.2, -0.15) is 0 Å². The number of aliphatic carboxylic acids is 1. The summed E-state index contributed by atoms with van der Waals surface area (Å²) in [5.41, 5.74) is -0.284. The van der Waals surface area contributed by atoms with Gasteiger partial charge in [-0.1, -0.05) is 31.1 Å². The molecule has 2 unspecified atom stereocenters. The molecule has 4 aliphatic rings. The van der Waals surface area contributed by atoms with E-state index in [0.717, 1.165) is 32.6 Å². The van der Waals surface area contributed by atoms with Crippen molar-refractivity contribution in [2.45, 2.75) is 77.4 Å². The normalized spacial score (nSPS) is 40.8. The van der Waals surface area contributed by atoms with Crippen molar-refractivity contribution in [3.05, 3.63) is 23.3 Å². The second-order valence-electron chi connectivity index (χ2n) is 10.5. The fourth-order valence-corrected chi connectivity index (χ4v) is 6.91. The maximum absolute atomic E-state index is 13.1. The number of fused-ring (bicyclic) bond motifs is 5. The average Bonchev–Trinajstić information content (AvgIpc) is 3.04. The van der Waals surface area contributed by atoms with Crippen LogP contribution in [0.5, 0.6) is 0 Å².